The molecule has 1 heterocycles. The number of rotatable bonds is 5. The molecule has 1 saturated heterocycles. The van der Waals surface area contributed by atoms with E-state index in [2.05, 4.69) is 10.7 Å². The maximum Gasteiger partial charge on any atom is 0.304 e. The van der Waals surface area contributed by atoms with Gasteiger partial charge in [0.25, 0.3) is 5.91 Å². The molecule has 3 aromatic rings. The molecule has 1 aliphatic rings. The lowest BCUT2D eigenvalue weighted by atomic mass is 9.99. The van der Waals surface area contributed by atoms with Crippen LogP contribution in [0.2, 0.25) is 10.0 Å². The number of hydrazine groups is 1. The van der Waals surface area contributed by atoms with E-state index in [1.165, 1.54) is 0 Å². The normalized spacial score (nSPS) is 19.0. The van der Waals surface area contributed by atoms with E-state index >= 15 is 0 Å². The zero-order valence-electron chi connectivity index (χ0n) is 17.1. The molecule has 4 rings (SSSR count). The Morgan fingerprint density at radius 1 is 1.03 bits per heavy atom. The molecule has 32 heavy (non-hydrogen) atoms. The number of carbonyl (C=O) groups is 2. The molecule has 6 nitrogen and oxygen atoms in total. The maximum atomic E-state index is 12.9. The van der Waals surface area contributed by atoms with E-state index in [1.54, 1.807) is 60.5 Å². The standard InChI is InChI=1S/C24H19Cl2N3O3/c1-32-19-12-8-16(9-13-19)23(30)27-21-22(15-6-10-18(25)11-7-15)29(28-24(21)31)14-17-4-2-3-5-20(17)26/h2-14,21-22H,1H3,(H-,27,28,30,31)/p+1/b29-14-/t21-,22-/m0/s1. The van der Waals surface area contributed by atoms with Gasteiger partial charge in [-0.05, 0) is 48.5 Å². The predicted octanol–water partition coefficient (Wildman–Crippen LogP) is 4.02. The van der Waals surface area contributed by atoms with Gasteiger partial charge in [0.05, 0.1) is 17.7 Å². The zero-order valence-corrected chi connectivity index (χ0v) is 18.6. The van der Waals surface area contributed by atoms with Crippen LogP contribution < -0.4 is 15.5 Å². The van der Waals surface area contributed by atoms with Crippen molar-refractivity contribution in [2.75, 3.05) is 7.11 Å². The lowest BCUT2D eigenvalue weighted by Crippen LogP contribution is -2.42. The van der Waals surface area contributed by atoms with E-state index in [0.717, 1.165) is 11.1 Å². The molecule has 0 aliphatic carbocycles. The Morgan fingerprint density at radius 2 is 1.72 bits per heavy atom. The van der Waals surface area contributed by atoms with E-state index in [0.29, 0.717) is 21.4 Å². The number of nitrogens with one attached hydrogen (secondary N) is 2. The molecule has 0 aromatic heterocycles. The lowest BCUT2D eigenvalue weighted by molar-refractivity contribution is -0.596. The lowest BCUT2D eigenvalue weighted by Gasteiger charge is -2.15. The highest BCUT2D eigenvalue weighted by molar-refractivity contribution is 6.33. The van der Waals surface area contributed by atoms with Gasteiger partial charge in [-0.1, -0.05) is 47.5 Å². The number of benzene rings is 3. The number of ether oxygens (including phenoxy) is 1. The van der Waals surface area contributed by atoms with Crippen LogP contribution in [0.5, 0.6) is 5.75 Å². The first kappa shape index (κ1) is 21.9. The average Bonchev–Trinajstić information content (AvgIpc) is 3.10. The first-order valence-electron chi connectivity index (χ1n) is 9.85. The molecule has 3 aromatic carbocycles. The molecule has 0 bridgehead atoms. The fraction of sp³-hybridized carbons (Fsp3) is 0.125. The third-order valence-electron chi connectivity index (χ3n) is 5.17. The van der Waals surface area contributed by atoms with Gasteiger partial charge in [-0.25, -0.2) is 0 Å². The van der Waals surface area contributed by atoms with Crippen molar-refractivity contribution < 1.29 is 19.0 Å². The molecule has 0 spiro atoms. The van der Waals surface area contributed by atoms with Crippen LogP contribution in [-0.2, 0) is 4.79 Å². The quantitative estimate of drug-likeness (QED) is 0.555. The van der Waals surface area contributed by atoms with Gasteiger partial charge >= 0.3 is 5.91 Å². The van der Waals surface area contributed by atoms with Crippen molar-refractivity contribution in [3.05, 3.63) is 99.5 Å². The Hall–Kier alpha value is -3.35. The Kier molecular flexibility index (Phi) is 6.44. The molecule has 2 atom stereocenters. The van der Waals surface area contributed by atoms with E-state index in [-0.39, 0.29) is 11.8 Å². The molecule has 2 N–H and O–H groups in total. The number of carbonyl (C=O) groups excluding carboxylic acids is 2. The van der Waals surface area contributed by atoms with Crippen LogP contribution in [0.3, 0.4) is 0 Å². The summed E-state index contributed by atoms with van der Waals surface area (Å²) >= 11 is 12.4. The number of nitrogens with zero attached hydrogens (tertiary/aromatic N) is 1. The molecule has 2 amide bonds. The smallest absolute Gasteiger partial charge is 0.304 e. The van der Waals surface area contributed by atoms with Crippen LogP contribution in [0.25, 0.3) is 0 Å². The van der Waals surface area contributed by atoms with E-state index in [9.17, 15) is 9.59 Å². The molecule has 162 valence electrons. The van der Waals surface area contributed by atoms with E-state index < -0.39 is 12.1 Å². The van der Waals surface area contributed by atoms with E-state index in [1.807, 2.05) is 30.3 Å². The van der Waals surface area contributed by atoms with Crippen molar-refractivity contribution in [3.63, 3.8) is 0 Å². The fourth-order valence-corrected chi connectivity index (χ4v) is 3.85. The summed E-state index contributed by atoms with van der Waals surface area (Å²) in [5, 5.41) is 3.98. The van der Waals surface area contributed by atoms with Crippen molar-refractivity contribution in [1.29, 1.82) is 0 Å². The van der Waals surface area contributed by atoms with Crippen molar-refractivity contribution in [1.82, 2.24) is 10.7 Å². The summed E-state index contributed by atoms with van der Waals surface area (Å²) in [6.07, 6.45) is 1.75. The van der Waals surface area contributed by atoms with E-state index in [4.69, 9.17) is 27.9 Å². The second-order valence-electron chi connectivity index (χ2n) is 7.21. The first-order valence-corrected chi connectivity index (χ1v) is 10.6. The second-order valence-corrected chi connectivity index (χ2v) is 8.05. The fourth-order valence-electron chi connectivity index (χ4n) is 3.54. The van der Waals surface area contributed by atoms with Crippen molar-refractivity contribution in [3.8, 4) is 5.75 Å². The van der Waals surface area contributed by atoms with Crippen LogP contribution in [0.4, 0.5) is 0 Å². The summed E-state index contributed by atoms with van der Waals surface area (Å²) in [4.78, 5) is 25.8. The van der Waals surface area contributed by atoms with Crippen LogP contribution in [0.15, 0.2) is 72.8 Å². The second kappa shape index (κ2) is 9.42. The van der Waals surface area contributed by atoms with Crippen molar-refractivity contribution in [2.24, 2.45) is 0 Å². The Labute approximate surface area is 195 Å². The third kappa shape index (κ3) is 4.61. The largest absolute Gasteiger partial charge is 0.497 e. The van der Waals surface area contributed by atoms with Gasteiger partial charge in [-0.2, -0.15) is 0 Å². The minimum atomic E-state index is -0.843. The predicted molar refractivity (Wildman–Crippen MR) is 123 cm³/mol. The highest BCUT2D eigenvalue weighted by Crippen LogP contribution is 2.27. The molecule has 0 radical (unpaired) electrons. The topological polar surface area (TPSA) is 70.4 Å². The van der Waals surface area contributed by atoms with Crippen LogP contribution in [0.1, 0.15) is 27.5 Å². The Morgan fingerprint density at radius 3 is 2.38 bits per heavy atom. The SMILES string of the molecule is COc1ccc(C(=O)N[C@@H]2C(=O)N/[N+](=C\c3ccccc3Cl)[C@H]2c2ccc(Cl)cc2)cc1. The van der Waals surface area contributed by atoms with Crippen molar-refractivity contribution in [2.45, 2.75) is 12.1 Å². The molecule has 8 heteroatoms. The Balaban J connectivity index is 1.69. The van der Waals surface area contributed by atoms with Gasteiger partial charge in [0.15, 0.2) is 6.04 Å². The number of amides is 2. The number of methoxy groups -OCH3 is 1. The van der Waals surface area contributed by atoms with Gasteiger partial charge in [0.2, 0.25) is 12.3 Å². The zero-order chi connectivity index (χ0) is 22.7. The summed E-state index contributed by atoms with van der Waals surface area (Å²) in [6.45, 7) is 0. The molecule has 1 aliphatic heterocycles. The molecular weight excluding hydrogens is 449 g/mol. The average molecular weight is 469 g/mol. The van der Waals surface area contributed by atoms with Gasteiger partial charge < -0.3 is 10.1 Å². The summed E-state index contributed by atoms with van der Waals surface area (Å²) in [5.74, 6) is -0.0683. The Bertz CT molecular complexity index is 1180. The molecule has 1 fully saturated rings. The summed E-state index contributed by atoms with van der Waals surface area (Å²) in [6, 6.07) is 19.8. The number of hydrogen-bond donors (Lipinski definition) is 2. The minimum absolute atomic E-state index is 0.338. The van der Waals surface area contributed by atoms with Gasteiger partial charge in [-0.15, -0.1) is 10.1 Å². The molecule has 0 saturated carbocycles. The summed E-state index contributed by atoms with van der Waals surface area (Å²) in [5.41, 5.74) is 4.78. The maximum absolute atomic E-state index is 12.9. The highest BCUT2D eigenvalue weighted by Gasteiger charge is 2.47. The third-order valence-corrected chi connectivity index (χ3v) is 5.77. The number of halogens is 2. The summed E-state index contributed by atoms with van der Waals surface area (Å²) in [7, 11) is 1.55. The first-order chi connectivity index (χ1) is 15.5. The van der Waals surface area contributed by atoms with Gasteiger partial charge in [0.1, 0.15) is 5.75 Å². The van der Waals surface area contributed by atoms with Crippen molar-refractivity contribution >= 4 is 41.2 Å². The van der Waals surface area contributed by atoms with Crippen LogP contribution in [0, 0.1) is 0 Å². The van der Waals surface area contributed by atoms with Crippen LogP contribution >= 0.6 is 23.2 Å². The number of hydrazone groups is 1. The van der Waals surface area contributed by atoms with Crippen LogP contribution in [-0.4, -0.2) is 35.9 Å². The molecular formula is C24H20Cl2N3O3+. The highest BCUT2D eigenvalue weighted by atomic mass is 35.5. The minimum Gasteiger partial charge on any atom is -0.497 e. The van der Waals surface area contributed by atoms with Gasteiger partial charge in [0, 0.05) is 16.1 Å². The van der Waals surface area contributed by atoms with Gasteiger partial charge in [-0.3, -0.25) is 9.59 Å². The molecule has 0 unspecified atom stereocenters. The number of hydrogen-bond acceptors (Lipinski definition) is 3. The summed E-state index contributed by atoms with van der Waals surface area (Å²) < 4.78 is 6.79. The monoisotopic (exact) mass is 468 g/mol.